The number of carbonyl (C=O) groups excluding carboxylic acids is 2. The summed E-state index contributed by atoms with van der Waals surface area (Å²) in [6.45, 7) is 2.12. The Morgan fingerprint density at radius 3 is 2.41 bits per heavy atom. The fourth-order valence-electron chi connectivity index (χ4n) is 4.12. The first kappa shape index (κ1) is 29.8. The molecule has 1 unspecified atom stereocenters. The highest BCUT2D eigenvalue weighted by Gasteiger charge is 2.31. The average Bonchev–Trinajstić information content (AvgIpc) is 3.34. The fraction of sp³-hybridized carbons (Fsp3) is 0.357. The lowest BCUT2D eigenvalue weighted by atomic mass is 9.96. The molecule has 13 heteroatoms. The van der Waals surface area contributed by atoms with Crippen molar-refractivity contribution in [2.75, 3.05) is 10.6 Å². The lowest BCUT2D eigenvalue weighted by molar-refractivity contribution is -0.274. The summed E-state index contributed by atoms with van der Waals surface area (Å²) >= 11 is 1.37. The second kappa shape index (κ2) is 14.0. The maximum absolute atomic E-state index is 12.3. The van der Waals surface area contributed by atoms with Gasteiger partial charge in [0, 0.05) is 6.42 Å². The zero-order valence-corrected chi connectivity index (χ0v) is 23.1. The number of alkyl halides is 3. The highest BCUT2D eigenvalue weighted by Crippen LogP contribution is 2.23. The number of allylic oxidation sites excluding steroid dienone is 3. The van der Waals surface area contributed by atoms with E-state index in [2.05, 4.69) is 54.8 Å². The topological polar surface area (TPSA) is 119 Å². The van der Waals surface area contributed by atoms with Crippen LogP contribution in [0.4, 0.5) is 24.1 Å². The lowest BCUT2D eigenvalue weighted by Gasteiger charge is -2.11. The second-order valence-electron chi connectivity index (χ2n) is 9.62. The number of anilines is 2. The number of nitrogens with one attached hydrogen (secondary N) is 2. The summed E-state index contributed by atoms with van der Waals surface area (Å²) < 4.78 is 40.6. The predicted molar refractivity (Wildman–Crippen MR) is 148 cm³/mol. The number of aryl methyl sites for hydroxylation is 2. The second-order valence-corrected chi connectivity index (χ2v) is 10.7. The van der Waals surface area contributed by atoms with Crippen LogP contribution in [0.5, 0.6) is 5.75 Å². The average molecular weight is 587 g/mol. The van der Waals surface area contributed by atoms with Crippen molar-refractivity contribution in [3.8, 4) is 5.75 Å². The first-order valence-corrected chi connectivity index (χ1v) is 13.9. The van der Waals surface area contributed by atoms with Crippen molar-refractivity contribution in [1.29, 1.82) is 0 Å². The van der Waals surface area contributed by atoms with Gasteiger partial charge in [0.1, 0.15) is 10.8 Å². The molecule has 1 aromatic carbocycles. The summed E-state index contributed by atoms with van der Waals surface area (Å²) in [6.07, 6.45) is 5.81. The molecule has 2 aromatic heterocycles. The molecule has 1 aliphatic carbocycles. The summed E-state index contributed by atoms with van der Waals surface area (Å²) in [5.41, 5.74) is 2.31. The van der Waals surface area contributed by atoms with Crippen molar-refractivity contribution in [2.24, 2.45) is 5.92 Å². The van der Waals surface area contributed by atoms with Crippen LogP contribution in [0.2, 0.25) is 0 Å². The first-order chi connectivity index (χ1) is 19.6. The molecular weight excluding hydrogens is 557 g/mol. The molecule has 9 nitrogen and oxygen atoms in total. The van der Waals surface area contributed by atoms with Crippen molar-refractivity contribution < 1.29 is 27.5 Å². The SMILES string of the molecule is CC1C=C(CC(=O)Nc2nnc(CCCCc3ccc(NC(=O)Cc4ccc(OC(F)(F)F)cc4)nn3)s2)C=CC1. The largest absolute Gasteiger partial charge is 0.573 e. The van der Waals surface area contributed by atoms with E-state index in [9.17, 15) is 22.8 Å². The van der Waals surface area contributed by atoms with Crippen LogP contribution in [0.1, 0.15) is 48.9 Å². The van der Waals surface area contributed by atoms with Crippen LogP contribution in [0.15, 0.2) is 60.2 Å². The molecule has 0 aliphatic heterocycles. The van der Waals surface area contributed by atoms with E-state index in [0.717, 1.165) is 54.1 Å². The first-order valence-electron chi connectivity index (χ1n) is 13.1. The Morgan fingerprint density at radius 1 is 0.951 bits per heavy atom. The number of halogens is 3. The van der Waals surface area contributed by atoms with Crippen molar-refractivity contribution in [3.63, 3.8) is 0 Å². The molecule has 1 atom stereocenters. The molecule has 2 amide bonds. The Hall–Kier alpha value is -4.13. The number of nitrogens with zero attached hydrogens (tertiary/aromatic N) is 4. The number of ether oxygens (including phenoxy) is 1. The predicted octanol–water partition coefficient (Wildman–Crippen LogP) is 5.82. The molecule has 1 aliphatic rings. The summed E-state index contributed by atoms with van der Waals surface area (Å²) in [6, 6.07) is 8.52. The van der Waals surface area contributed by atoms with Crippen LogP contribution in [-0.2, 0) is 28.9 Å². The van der Waals surface area contributed by atoms with Crippen LogP contribution < -0.4 is 15.4 Å². The summed E-state index contributed by atoms with van der Waals surface area (Å²) in [5.74, 6) is -0.107. The molecule has 2 heterocycles. The van der Waals surface area contributed by atoms with Crippen LogP contribution in [-0.4, -0.2) is 38.6 Å². The molecule has 3 aromatic rings. The number of benzene rings is 1. The molecule has 0 fully saturated rings. The maximum atomic E-state index is 12.3. The Morgan fingerprint density at radius 2 is 1.71 bits per heavy atom. The molecule has 4 rings (SSSR count). The number of rotatable bonds is 12. The van der Waals surface area contributed by atoms with E-state index in [-0.39, 0.29) is 29.8 Å². The minimum Gasteiger partial charge on any atom is -0.406 e. The fourth-order valence-corrected chi connectivity index (χ4v) is 4.92. The van der Waals surface area contributed by atoms with Crippen LogP contribution >= 0.6 is 11.3 Å². The number of hydrogen-bond donors (Lipinski definition) is 2. The van der Waals surface area contributed by atoms with Gasteiger partial charge in [0.25, 0.3) is 0 Å². The minimum absolute atomic E-state index is 0.0402. The molecule has 216 valence electrons. The van der Waals surface area contributed by atoms with Gasteiger partial charge >= 0.3 is 6.36 Å². The Labute approximate surface area is 238 Å². The number of hydrogen-bond acceptors (Lipinski definition) is 8. The third-order valence-corrected chi connectivity index (χ3v) is 6.90. The Balaban J connectivity index is 1.14. The van der Waals surface area contributed by atoms with Gasteiger partial charge in [-0.15, -0.1) is 28.5 Å². The Kier molecular flexibility index (Phi) is 10.2. The lowest BCUT2D eigenvalue weighted by Crippen LogP contribution is -2.17. The molecule has 0 bridgehead atoms. The third kappa shape index (κ3) is 10.4. The summed E-state index contributed by atoms with van der Waals surface area (Å²) in [4.78, 5) is 24.6. The zero-order valence-electron chi connectivity index (χ0n) is 22.3. The van der Waals surface area contributed by atoms with E-state index in [4.69, 9.17) is 0 Å². The van der Waals surface area contributed by atoms with E-state index in [1.165, 1.54) is 23.5 Å². The van der Waals surface area contributed by atoms with Crippen molar-refractivity contribution in [3.05, 3.63) is 76.5 Å². The normalized spacial score (nSPS) is 14.8. The number of amides is 2. The van der Waals surface area contributed by atoms with E-state index < -0.39 is 6.36 Å². The van der Waals surface area contributed by atoms with Crippen LogP contribution in [0.3, 0.4) is 0 Å². The standard InChI is InChI=1S/C28H29F3N6O3S/c1-18-5-4-6-20(15-18)17-25(39)33-27-37-36-26(41-27)8-3-2-7-21-11-14-23(35-34-21)32-24(38)16-19-9-12-22(13-10-19)40-28(29,30)31/h4,6,9-15,18H,2-3,5,7-8,16-17H2,1H3,(H,32,35,38)(H,33,37,39). The van der Waals surface area contributed by atoms with E-state index in [1.54, 1.807) is 12.1 Å². The van der Waals surface area contributed by atoms with Crippen LogP contribution in [0, 0.1) is 5.92 Å². The maximum Gasteiger partial charge on any atom is 0.573 e. The molecular formula is C28H29F3N6O3S. The van der Waals surface area contributed by atoms with Gasteiger partial charge in [-0.1, -0.05) is 48.6 Å². The number of unbranched alkanes of at least 4 members (excludes halogenated alkanes) is 1. The quantitative estimate of drug-likeness (QED) is 0.257. The minimum atomic E-state index is -4.77. The van der Waals surface area contributed by atoms with E-state index in [1.807, 2.05) is 6.08 Å². The van der Waals surface area contributed by atoms with Gasteiger partial charge in [-0.3, -0.25) is 9.59 Å². The molecule has 0 spiro atoms. The Bertz CT molecular complexity index is 1390. The molecule has 0 radical (unpaired) electrons. The van der Waals surface area contributed by atoms with Gasteiger partial charge in [0.15, 0.2) is 5.82 Å². The smallest absolute Gasteiger partial charge is 0.406 e. The summed E-state index contributed by atoms with van der Waals surface area (Å²) in [5, 5.41) is 23.2. The van der Waals surface area contributed by atoms with Gasteiger partial charge < -0.3 is 15.4 Å². The highest BCUT2D eigenvalue weighted by atomic mass is 32.1. The van der Waals surface area contributed by atoms with Crippen LogP contribution in [0.25, 0.3) is 0 Å². The monoisotopic (exact) mass is 586 g/mol. The van der Waals surface area contributed by atoms with E-state index in [0.29, 0.717) is 29.5 Å². The molecule has 2 N–H and O–H groups in total. The zero-order chi connectivity index (χ0) is 29.2. The third-order valence-electron chi connectivity index (χ3n) is 6.00. The van der Waals surface area contributed by atoms with Crippen molar-refractivity contribution >= 4 is 34.1 Å². The van der Waals surface area contributed by atoms with Gasteiger partial charge in [-0.2, -0.15) is 5.10 Å². The number of carbonyl (C=O) groups is 2. The van der Waals surface area contributed by atoms with Gasteiger partial charge in [-0.25, -0.2) is 0 Å². The van der Waals surface area contributed by atoms with Gasteiger partial charge in [0.2, 0.25) is 16.9 Å². The van der Waals surface area contributed by atoms with E-state index >= 15 is 0 Å². The molecule has 0 saturated heterocycles. The molecule has 41 heavy (non-hydrogen) atoms. The van der Waals surface area contributed by atoms with Gasteiger partial charge in [0.05, 0.1) is 18.5 Å². The molecule has 0 saturated carbocycles. The van der Waals surface area contributed by atoms with Gasteiger partial charge in [-0.05, 0) is 67.0 Å². The number of aromatic nitrogens is 4. The highest BCUT2D eigenvalue weighted by molar-refractivity contribution is 7.15. The van der Waals surface area contributed by atoms with Crippen molar-refractivity contribution in [2.45, 2.75) is 58.2 Å². The summed E-state index contributed by atoms with van der Waals surface area (Å²) in [7, 11) is 0. The van der Waals surface area contributed by atoms with Crippen molar-refractivity contribution in [1.82, 2.24) is 20.4 Å².